The molecule has 0 aliphatic heterocycles. The minimum Gasteiger partial charge on any atom is -0.507 e. The van der Waals surface area contributed by atoms with E-state index in [4.69, 9.17) is 5.11 Å². The molecule has 0 heterocycles. The van der Waals surface area contributed by atoms with E-state index in [1.165, 1.54) is 83.1 Å². The van der Waals surface area contributed by atoms with E-state index in [1.54, 1.807) is 0 Å². The molecule has 1 aromatic rings. The van der Waals surface area contributed by atoms with Gasteiger partial charge in [-0.25, -0.2) is 4.79 Å². The highest BCUT2D eigenvalue weighted by atomic mass is 16.4. The Morgan fingerprint density at radius 2 is 1.22 bits per heavy atom. The summed E-state index contributed by atoms with van der Waals surface area (Å²) < 4.78 is 0. The third kappa shape index (κ3) is 10.4. The second-order valence-corrected chi connectivity index (χ2v) is 7.97. The smallest absolute Gasteiger partial charge is 0.339 e. The van der Waals surface area contributed by atoms with Crippen LogP contribution >= 0.6 is 0 Å². The number of carbonyl (C=O) groups is 1. The third-order valence-corrected chi connectivity index (χ3v) is 5.36. The summed E-state index contributed by atoms with van der Waals surface area (Å²) in [7, 11) is 0. The highest BCUT2D eigenvalue weighted by Crippen LogP contribution is 2.26. The lowest BCUT2D eigenvalue weighted by molar-refractivity contribution is 0.0693. The average Bonchev–Trinajstić information content (AvgIpc) is 2.64. The Morgan fingerprint density at radius 3 is 1.67 bits per heavy atom. The van der Waals surface area contributed by atoms with Gasteiger partial charge in [-0.3, -0.25) is 0 Å². The zero-order chi connectivity index (χ0) is 19.9. The molecule has 0 spiro atoms. The van der Waals surface area contributed by atoms with Crippen LogP contribution in [0.15, 0.2) is 12.1 Å². The lowest BCUT2D eigenvalue weighted by Crippen LogP contribution is -2.00. The number of aromatic carboxylic acids is 1. The standard InChI is InChI=1S/C24H40O3/c1-3-4-5-6-7-8-9-10-11-12-13-14-15-16-17-21-18-20(2)19-22(23(21)25)24(26)27/h18-19,25H,3-17H2,1-2H3,(H,26,27). The van der Waals surface area contributed by atoms with Gasteiger partial charge in [-0.1, -0.05) is 96.5 Å². The summed E-state index contributed by atoms with van der Waals surface area (Å²) in [6.45, 7) is 4.14. The Balaban J connectivity index is 2.03. The van der Waals surface area contributed by atoms with Gasteiger partial charge in [0.1, 0.15) is 11.3 Å². The summed E-state index contributed by atoms with van der Waals surface area (Å²) in [4.78, 5) is 11.2. The molecule has 0 unspecified atom stereocenters. The SMILES string of the molecule is CCCCCCCCCCCCCCCCc1cc(C)cc(C(=O)O)c1O. The quantitative estimate of drug-likeness (QED) is 0.295. The normalized spacial score (nSPS) is 11.0. The van der Waals surface area contributed by atoms with Crippen molar-refractivity contribution in [3.8, 4) is 5.75 Å². The Kier molecular flexibility index (Phi) is 12.7. The number of phenols is 1. The van der Waals surface area contributed by atoms with E-state index in [1.807, 2.05) is 13.0 Å². The average molecular weight is 377 g/mol. The van der Waals surface area contributed by atoms with Crippen LogP contribution in [-0.2, 0) is 6.42 Å². The summed E-state index contributed by atoms with van der Waals surface area (Å²) in [5.74, 6) is -1.11. The molecule has 0 radical (unpaired) electrons. The fraction of sp³-hybridized carbons (Fsp3) is 0.708. The van der Waals surface area contributed by atoms with E-state index < -0.39 is 5.97 Å². The minimum absolute atomic E-state index is 0.0235. The third-order valence-electron chi connectivity index (χ3n) is 5.36. The van der Waals surface area contributed by atoms with Gasteiger partial charge in [-0.05, 0) is 37.0 Å². The topological polar surface area (TPSA) is 57.5 Å². The molecule has 0 aliphatic rings. The maximum atomic E-state index is 11.2. The molecule has 0 saturated carbocycles. The summed E-state index contributed by atoms with van der Waals surface area (Å²) in [5, 5.41) is 19.3. The lowest BCUT2D eigenvalue weighted by atomic mass is 9.99. The molecule has 1 aromatic carbocycles. The first-order chi connectivity index (χ1) is 13.1. The molecule has 0 aromatic heterocycles. The Bertz CT molecular complexity index is 537. The number of aromatic hydroxyl groups is 1. The van der Waals surface area contributed by atoms with Gasteiger partial charge in [0.15, 0.2) is 0 Å². The first-order valence-electron chi connectivity index (χ1n) is 11.1. The number of carboxylic acid groups (broad SMARTS) is 1. The van der Waals surface area contributed by atoms with Crippen LogP contribution < -0.4 is 0 Å². The number of unbranched alkanes of at least 4 members (excludes halogenated alkanes) is 13. The largest absolute Gasteiger partial charge is 0.507 e. The van der Waals surface area contributed by atoms with Crippen molar-refractivity contribution in [1.82, 2.24) is 0 Å². The molecule has 3 nitrogen and oxygen atoms in total. The minimum atomic E-state index is -1.06. The van der Waals surface area contributed by atoms with Crippen molar-refractivity contribution in [3.05, 3.63) is 28.8 Å². The van der Waals surface area contributed by atoms with E-state index in [0.717, 1.165) is 30.4 Å². The molecular formula is C24H40O3. The van der Waals surface area contributed by atoms with Gasteiger partial charge in [-0.15, -0.1) is 0 Å². The summed E-state index contributed by atoms with van der Waals surface area (Å²) in [5.41, 5.74) is 1.69. The summed E-state index contributed by atoms with van der Waals surface area (Å²) >= 11 is 0. The molecule has 1 rings (SSSR count). The van der Waals surface area contributed by atoms with Crippen LogP contribution in [0.25, 0.3) is 0 Å². The molecular weight excluding hydrogens is 336 g/mol. The molecule has 154 valence electrons. The molecule has 2 N–H and O–H groups in total. The van der Waals surface area contributed by atoms with Crippen molar-refractivity contribution in [2.24, 2.45) is 0 Å². The zero-order valence-electron chi connectivity index (χ0n) is 17.6. The Labute approximate surface area is 166 Å². The maximum Gasteiger partial charge on any atom is 0.339 e. The van der Waals surface area contributed by atoms with Crippen LogP contribution in [-0.4, -0.2) is 16.2 Å². The van der Waals surface area contributed by atoms with Gasteiger partial charge in [0.05, 0.1) is 0 Å². The van der Waals surface area contributed by atoms with E-state index >= 15 is 0 Å². The van der Waals surface area contributed by atoms with E-state index in [9.17, 15) is 9.90 Å². The molecule has 0 bridgehead atoms. The van der Waals surface area contributed by atoms with Gasteiger partial charge in [0.25, 0.3) is 0 Å². The molecule has 0 amide bonds. The predicted octanol–water partition coefficient (Wildman–Crippen LogP) is 7.42. The number of benzene rings is 1. The van der Waals surface area contributed by atoms with Gasteiger partial charge in [0, 0.05) is 0 Å². The molecule has 27 heavy (non-hydrogen) atoms. The van der Waals surface area contributed by atoms with Crippen molar-refractivity contribution in [2.45, 2.75) is 110 Å². The fourth-order valence-corrected chi connectivity index (χ4v) is 3.72. The van der Waals surface area contributed by atoms with Crippen molar-refractivity contribution >= 4 is 5.97 Å². The van der Waals surface area contributed by atoms with E-state index in [2.05, 4.69) is 6.92 Å². The van der Waals surface area contributed by atoms with Crippen LogP contribution in [0.3, 0.4) is 0 Å². The Hall–Kier alpha value is -1.51. The highest BCUT2D eigenvalue weighted by Gasteiger charge is 2.14. The van der Waals surface area contributed by atoms with E-state index in [-0.39, 0.29) is 11.3 Å². The van der Waals surface area contributed by atoms with Gasteiger partial charge < -0.3 is 10.2 Å². The first kappa shape index (κ1) is 23.5. The molecule has 0 saturated heterocycles. The molecule has 0 atom stereocenters. The van der Waals surface area contributed by atoms with Crippen molar-refractivity contribution in [3.63, 3.8) is 0 Å². The molecule has 3 heteroatoms. The highest BCUT2D eigenvalue weighted by molar-refractivity contribution is 5.91. The number of hydrogen-bond donors (Lipinski definition) is 2. The Morgan fingerprint density at radius 1 is 0.778 bits per heavy atom. The molecule has 0 aliphatic carbocycles. The van der Waals surface area contributed by atoms with Gasteiger partial charge in [0.2, 0.25) is 0 Å². The molecule has 0 fully saturated rings. The number of carboxylic acids is 1. The van der Waals surface area contributed by atoms with Crippen molar-refractivity contribution in [1.29, 1.82) is 0 Å². The zero-order valence-corrected chi connectivity index (χ0v) is 17.6. The van der Waals surface area contributed by atoms with Crippen molar-refractivity contribution < 1.29 is 15.0 Å². The first-order valence-corrected chi connectivity index (χ1v) is 11.1. The number of aryl methyl sites for hydroxylation is 2. The monoisotopic (exact) mass is 376 g/mol. The second kappa shape index (κ2) is 14.5. The second-order valence-electron chi connectivity index (χ2n) is 7.97. The lowest BCUT2D eigenvalue weighted by Gasteiger charge is -2.09. The van der Waals surface area contributed by atoms with Crippen LogP contribution in [0, 0.1) is 6.92 Å². The van der Waals surface area contributed by atoms with Gasteiger partial charge in [-0.2, -0.15) is 0 Å². The van der Waals surface area contributed by atoms with E-state index in [0.29, 0.717) is 0 Å². The number of hydrogen-bond acceptors (Lipinski definition) is 2. The van der Waals surface area contributed by atoms with Gasteiger partial charge >= 0.3 is 5.97 Å². The number of rotatable bonds is 16. The van der Waals surface area contributed by atoms with Crippen LogP contribution in [0.5, 0.6) is 5.75 Å². The predicted molar refractivity (Wildman–Crippen MR) is 114 cm³/mol. The summed E-state index contributed by atoms with van der Waals surface area (Å²) in [6.07, 6.45) is 19.3. The maximum absolute atomic E-state index is 11.2. The van der Waals surface area contributed by atoms with Crippen LogP contribution in [0.2, 0.25) is 0 Å². The summed E-state index contributed by atoms with van der Waals surface area (Å²) in [6, 6.07) is 3.44. The fourth-order valence-electron chi connectivity index (χ4n) is 3.72. The van der Waals surface area contributed by atoms with Crippen LogP contribution in [0.4, 0.5) is 0 Å². The van der Waals surface area contributed by atoms with Crippen molar-refractivity contribution in [2.75, 3.05) is 0 Å². The van der Waals surface area contributed by atoms with Crippen LogP contribution in [0.1, 0.15) is 118 Å².